The van der Waals surface area contributed by atoms with E-state index in [0.717, 1.165) is 21.9 Å². The van der Waals surface area contributed by atoms with E-state index in [1.807, 2.05) is 74.5 Å². The Morgan fingerprint density at radius 3 is 1.98 bits per heavy atom. The molecule has 1 N–H and O–H groups in total. The average molecular weight is 663 g/mol. The molecule has 0 radical (unpaired) electrons. The first-order valence-electron chi connectivity index (χ1n) is 14.2. The van der Waals surface area contributed by atoms with Gasteiger partial charge in [0.1, 0.15) is 12.6 Å². The highest BCUT2D eigenvalue weighted by molar-refractivity contribution is 9.10. The van der Waals surface area contributed by atoms with Gasteiger partial charge >= 0.3 is 0 Å². The van der Waals surface area contributed by atoms with Crippen LogP contribution in [0.15, 0.2) is 125 Å². The Hall–Kier alpha value is -3.95. The summed E-state index contributed by atoms with van der Waals surface area (Å²) in [5.41, 5.74) is 2.04. The summed E-state index contributed by atoms with van der Waals surface area (Å²) in [6.07, 6.45) is 0.992. The first kappa shape index (κ1) is 32.0. The smallest absolute Gasteiger partial charge is 0.264 e. The summed E-state index contributed by atoms with van der Waals surface area (Å²) in [6, 6.07) is 32.8. The van der Waals surface area contributed by atoms with Crippen molar-refractivity contribution in [2.24, 2.45) is 0 Å². The number of sulfonamides is 1. The summed E-state index contributed by atoms with van der Waals surface area (Å²) in [7, 11) is -4.14. The van der Waals surface area contributed by atoms with Gasteiger partial charge in [-0.2, -0.15) is 0 Å². The van der Waals surface area contributed by atoms with Gasteiger partial charge < -0.3 is 10.2 Å². The summed E-state index contributed by atoms with van der Waals surface area (Å²) in [5.74, 6) is -0.786. The molecule has 0 fully saturated rings. The van der Waals surface area contributed by atoms with Gasteiger partial charge in [-0.05, 0) is 54.8 Å². The Morgan fingerprint density at radius 1 is 0.814 bits per heavy atom. The first-order valence-corrected chi connectivity index (χ1v) is 16.4. The Kier molecular flexibility index (Phi) is 11.1. The zero-order chi connectivity index (χ0) is 30.8. The van der Waals surface area contributed by atoms with Gasteiger partial charge in [0.2, 0.25) is 11.8 Å². The van der Waals surface area contributed by atoms with Crippen molar-refractivity contribution in [2.45, 2.75) is 50.2 Å². The number of nitrogens with zero attached hydrogens (tertiary/aromatic N) is 2. The van der Waals surface area contributed by atoms with Crippen LogP contribution in [0.3, 0.4) is 0 Å². The number of hydrogen-bond acceptors (Lipinski definition) is 4. The molecule has 2 amide bonds. The van der Waals surface area contributed by atoms with Gasteiger partial charge in [0.15, 0.2) is 0 Å². The first-order chi connectivity index (χ1) is 20.7. The van der Waals surface area contributed by atoms with Crippen LogP contribution < -0.4 is 9.62 Å². The molecular formula is C34H36BrN3O4S. The molecule has 43 heavy (non-hydrogen) atoms. The van der Waals surface area contributed by atoms with Crippen molar-refractivity contribution in [3.8, 4) is 0 Å². The zero-order valence-corrected chi connectivity index (χ0v) is 26.7. The molecule has 4 aromatic rings. The minimum absolute atomic E-state index is 0.0627. The molecule has 0 aliphatic rings. The number of nitrogens with one attached hydrogen (secondary N) is 1. The van der Waals surface area contributed by atoms with E-state index in [1.54, 1.807) is 42.5 Å². The molecule has 0 unspecified atom stereocenters. The van der Waals surface area contributed by atoms with Gasteiger partial charge in [0.25, 0.3) is 10.0 Å². The van der Waals surface area contributed by atoms with Crippen LogP contribution in [0.5, 0.6) is 0 Å². The molecule has 0 aliphatic heterocycles. The number of benzene rings is 4. The lowest BCUT2D eigenvalue weighted by atomic mass is 10.0. The van der Waals surface area contributed by atoms with Crippen molar-refractivity contribution in [1.29, 1.82) is 0 Å². The molecule has 9 heteroatoms. The molecule has 224 valence electrons. The molecule has 4 rings (SSSR count). The van der Waals surface area contributed by atoms with Gasteiger partial charge in [-0.15, -0.1) is 0 Å². The summed E-state index contributed by atoms with van der Waals surface area (Å²) in [5, 5.41) is 3.05. The SMILES string of the molecule is CC[C@@H](C)NC(=O)[C@H](Cc1ccccc1)N(Cc1ccccc1)C(=O)CN(c1cccc(Br)c1)S(=O)(=O)c1ccccc1. The minimum atomic E-state index is -4.14. The molecular weight excluding hydrogens is 626 g/mol. The van der Waals surface area contributed by atoms with Crippen LogP contribution in [-0.2, 0) is 32.6 Å². The van der Waals surface area contributed by atoms with Crippen molar-refractivity contribution >= 4 is 43.5 Å². The highest BCUT2D eigenvalue weighted by Gasteiger charge is 2.35. The lowest BCUT2D eigenvalue weighted by molar-refractivity contribution is -0.140. The summed E-state index contributed by atoms with van der Waals surface area (Å²) in [4.78, 5) is 29.8. The van der Waals surface area contributed by atoms with E-state index >= 15 is 0 Å². The van der Waals surface area contributed by atoms with E-state index in [2.05, 4.69) is 21.2 Å². The molecule has 4 aromatic carbocycles. The maximum atomic E-state index is 14.4. The fraction of sp³-hybridized carbons (Fsp3) is 0.235. The van der Waals surface area contributed by atoms with Gasteiger partial charge in [0, 0.05) is 23.5 Å². The van der Waals surface area contributed by atoms with Gasteiger partial charge in [-0.1, -0.05) is 108 Å². The predicted molar refractivity (Wildman–Crippen MR) is 174 cm³/mol. The summed E-state index contributed by atoms with van der Waals surface area (Å²) in [6.45, 7) is 3.53. The Labute approximate surface area is 262 Å². The highest BCUT2D eigenvalue weighted by atomic mass is 79.9. The molecule has 0 aliphatic carbocycles. The summed E-state index contributed by atoms with van der Waals surface area (Å²) >= 11 is 3.43. The second-order valence-corrected chi connectivity index (χ2v) is 13.1. The maximum Gasteiger partial charge on any atom is 0.264 e. The fourth-order valence-electron chi connectivity index (χ4n) is 4.65. The van der Waals surface area contributed by atoms with E-state index in [9.17, 15) is 18.0 Å². The Morgan fingerprint density at radius 2 is 1.40 bits per heavy atom. The zero-order valence-electron chi connectivity index (χ0n) is 24.3. The summed E-state index contributed by atoms with van der Waals surface area (Å²) < 4.78 is 29.8. The molecule has 7 nitrogen and oxygen atoms in total. The largest absolute Gasteiger partial charge is 0.352 e. The maximum absolute atomic E-state index is 14.4. The number of halogens is 1. The molecule has 0 aromatic heterocycles. The number of rotatable bonds is 13. The predicted octanol–water partition coefficient (Wildman–Crippen LogP) is 6.20. The van der Waals surface area contributed by atoms with Crippen LogP contribution in [0.4, 0.5) is 5.69 Å². The van der Waals surface area contributed by atoms with E-state index < -0.39 is 28.5 Å². The quantitative estimate of drug-likeness (QED) is 0.185. The van der Waals surface area contributed by atoms with Gasteiger partial charge in [0.05, 0.1) is 10.6 Å². The molecule has 0 bridgehead atoms. The lowest BCUT2D eigenvalue weighted by Gasteiger charge is -2.34. The van der Waals surface area contributed by atoms with Crippen LogP contribution in [0.1, 0.15) is 31.4 Å². The normalized spacial score (nSPS) is 12.6. The van der Waals surface area contributed by atoms with Gasteiger partial charge in [-0.3, -0.25) is 13.9 Å². The molecule has 0 spiro atoms. The topological polar surface area (TPSA) is 86.8 Å². The molecule has 0 saturated heterocycles. The van der Waals surface area contributed by atoms with Crippen LogP contribution in [0.2, 0.25) is 0 Å². The fourth-order valence-corrected chi connectivity index (χ4v) is 6.47. The van der Waals surface area contributed by atoms with Crippen molar-refractivity contribution in [3.63, 3.8) is 0 Å². The molecule has 0 saturated carbocycles. The van der Waals surface area contributed by atoms with Crippen molar-refractivity contribution in [3.05, 3.63) is 131 Å². The lowest BCUT2D eigenvalue weighted by Crippen LogP contribution is -2.54. The average Bonchev–Trinajstić information content (AvgIpc) is 3.02. The minimum Gasteiger partial charge on any atom is -0.352 e. The van der Waals surface area contributed by atoms with Crippen LogP contribution in [-0.4, -0.2) is 43.8 Å². The van der Waals surface area contributed by atoms with Crippen molar-refractivity contribution in [2.75, 3.05) is 10.8 Å². The van der Waals surface area contributed by atoms with Crippen LogP contribution in [0.25, 0.3) is 0 Å². The van der Waals surface area contributed by atoms with E-state index in [4.69, 9.17) is 0 Å². The second-order valence-electron chi connectivity index (χ2n) is 10.3. The Balaban J connectivity index is 1.79. The second kappa shape index (κ2) is 15.0. The number of hydrogen-bond donors (Lipinski definition) is 1. The molecule has 0 heterocycles. The standard InChI is InChI=1S/C34H36BrN3O4S/c1-3-26(2)36-34(40)32(22-27-14-7-4-8-15-27)37(24-28-16-9-5-10-17-28)33(39)25-38(30-19-13-18-29(35)23-30)43(41,42)31-20-11-6-12-21-31/h4-21,23,26,32H,3,22,24-25H2,1-2H3,(H,36,40)/t26-,32+/m1/s1. The van der Waals surface area contributed by atoms with E-state index in [1.165, 1.54) is 17.0 Å². The van der Waals surface area contributed by atoms with Gasteiger partial charge in [-0.25, -0.2) is 8.42 Å². The number of carbonyl (C=O) groups is 2. The third-order valence-electron chi connectivity index (χ3n) is 7.17. The highest BCUT2D eigenvalue weighted by Crippen LogP contribution is 2.27. The molecule has 2 atom stereocenters. The number of carbonyl (C=O) groups excluding carboxylic acids is 2. The van der Waals surface area contributed by atoms with Crippen LogP contribution >= 0.6 is 15.9 Å². The number of amides is 2. The Bertz CT molecular complexity index is 1600. The third-order valence-corrected chi connectivity index (χ3v) is 9.46. The monoisotopic (exact) mass is 661 g/mol. The van der Waals surface area contributed by atoms with Crippen molar-refractivity contribution in [1.82, 2.24) is 10.2 Å². The number of anilines is 1. The van der Waals surface area contributed by atoms with E-state index in [-0.39, 0.29) is 29.8 Å². The van der Waals surface area contributed by atoms with Crippen LogP contribution in [0, 0.1) is 0 Å². The third kappa shape index (κ3) is 8.55. The van der Waals surface area contributed by atoms with E-state index in [0.29, 0.717) is 10.2 Å². The van der Waals surface area contributed by atoms with Crippen molar-refractivity contribution < 1.29 is 18.0 Å².